The Morgan fingerprint density at radius 3 is 2.87 bits per heavy atom. The lowest BCUT2D eigenvalue weighted by Gasteiger charge is -2.36. The normalized spacial score (nSPS) is 20.5. The van der Waals surface area contributed by atoms with Crippen molar-refractivity contribution in [3.05, 3.63) is 58.3 Å². The van der Waals surface area contributed by atoms with Crippen LogP contribution in [0.15, 0.2) is 47.8 Å². The molecule has 1 N–H and O–H groups in total. The van der Waals surface area contributed by atoms with E-state index in [2.05, 4.69) is 41.3 Å². The SMILES string of the molecule is OC(COCc1cccs1)CN1CCSCC1c1ccccc1. The summed E-state index contributed by atoms with van der Waals surface area (Å²) in [5, 5.41) is 12.4. The summed E-state index contributed by atoms with van der Waals surface area (Å²) in [5.41, 5.74) is 1.34. The molecule has 0 spiro atoms. The summed E-state index contributed by atoms with van der Waals surface area (Å²) < 4.78 is 5.65. The van der Waals surface area contributed by atoms with E-state index in [0.29, 0.717) is 25.8 Å². The van der Waals surface area contributed by atoms with Crippen molar-refractivity contribution in [2.24, 2.45) is 0 Å². The molecular formula is C18H23NO2S2. The molecule has 2 aromatic rings. The number of hydrogen-bond donors (Lipinski definition) is 1. The van der Waals surface area contributed by atoms with Crippen molar-refractivity contribution < 1.29 is 9.84 Å². The van der Waals surface area contributed by atoms with Crippen molar-refractivity contribution in [2.45, 2.75) is 18.8 Å². The van der Waals surface area contributed by atoms with Gasteiger partial charge in [-0.05, 0) is 17.0 Å². The molecule has 1 saturated heterocycles. The van der Waals surface area contributed by atoms with Crippen LogP contribution in [0.25, 0.3) is 0 Å². The molecule has 23 heavy (non-hydrogen) atoms. The average Bonchev–Trinajstić information content (AvgIpc) is 3.09. The van der Waals surface area contributed by atoms with Crippen LogP contribution in [0.2, 0.25) is 0 Å². The van der Waals surface area contributed by atoms with Crippen LogP contribution in [0.1, 0.15) is 16.5 Å². The van der Waals surface area contributed by atoms with Crippen LogP contribution in [0.4, 0.5) is 0 Å². The lowest BCUT2D eigenvalue weighted by Crippen LogP contribution is -2.42. The highest BCUT2D eigenvalue weighted by molar-refractivity contribution is 7.99. The van der Waals surface area contributed by atoms with Gasteiger partial charge in [0.05, 0.1) is 19.3 Å². The Balaban J connectivity index is 1.50. The fourth-order valence-corrected chi connectivity index (χ4v) is 4.65. The Bertz CT molecular complexity index is 562. The molecule has 0 radical (unpaired) electrons. The van der Waals surface area contributed by atoms with Crippen molar-refractivity contribution in [2.75, 3.05) is 31.2 Å². The molecule has 1 aromatic heterocycles. The first-order chi connectivity index (χ1) is 11.3. The number of ether oxygens (including phenoxy) is 1. The van der Waals surface area contributed by atoms with Gasteiger partial charge < -0.3 is 9.84 Å². The van der Waals surface area contributed by atoms with Crippen LogP contribution in [-0.4, -0.2) is 47.3 Å². The van der Waals surface area contributed by atoms with Crippen LogP contribution in [0, 0.1) is 0 Å². The first-order valence-corrected chi connectivity index (χ1v) is 10.0. The number of benzene rings is 1. The molecule has 124 valence electrons. The molecule has 0 bridgehead atoms. The second kappa shape index (κ2) is 8.85. The topological polar surface area (TPSA) is 32.7 Å². The van der Waals surface area contributed by atoms with E-state index in [1.54, 1.807) is 11.3 Å². The summed E-state index contributed by atoms with van der Waals surface area (Å²) in [7, 11) is 0. The van der Waals surface area contributed by atoms with Crippen LogP contribution in [0.5, 0.6) is 0 Å². The second-order valence-electron chi connectivity index (χ2n) is 5.74. The average molecular weight is 350 g/mol. The minimum absolute atomic E-state index is 0.391. The maximum absolute atomic E-state index is 10.3. The molecule has 2 atom stereocenters. The second-order valence-corrected chi connectivity index (χ2v) is 7.93. The number of thiophene rings is 1. The van der Waals surface area contributed by atoms with Gasteiger partial charge in [0.1, 0.15) is 0 Å². The first kappa shape index (κ1) is 17.0. The Labute approximate surface area is 146 Å². The molecule has 1 fully saturated rings. The molecule has 1 aliphatic rings. The largest absolute Gasteiger partial charge is 0.389 e. The summed E-state index contributed by atoms with van der Waals surface area (Å²) in [6.45, 7) is 2.67. The van der Waals surface area contributed by atoms with Gasteiger partial charge in [0, 0.05) is 35.5 Å². The molecule has 0 saturated carbocycles. The lowest BCUT2D eigenvalue weighted by atomic mass is 10.1. The third-order valence-corrected chi connectivity index (χ3v) is 5.88. The van der Waals surface area contributed by atoms with Crippen LogP contribution in [0.3, 0.4) is 0 Å². The summed E-state index contributed by atoms with van der Waals surface area (Å²) >= 11 is 3.68. The lowest BCUT2D eigenvalue weighted by molar-refractivity contribution is 0.00507. The Hall–Kier alpha value is -0.850. The smallest absolute Gasteiger partial charge is 0.0900 e. The highest BCUT2D eigenvalue weighted by Gasteiger charge is 2.25. The highest BCUT2D eigenvalue weighted by Crippen LogP contribution is 2.29. The van der Waals surface area contributed by atoms with Gasteiger partial charge in [-0.1, -0.05) is 36.4 Å². The summed E-state index contributed by atoms with van der Waals surface area (Å²) in [4.78, 5) is 3.60. The third-order valence-electron chi connectivity index (χ3n) is 4.00. The molecule has 1 aromatic carbocycles. The minimum Gasteiger partial charge on any atom is -0.389 e. The quantitative estimate of drug-likeness (QED) is 0.830. The van der Waals surface area contributed by atoms with Gasteiger partial charge >= 0.3 is 0 Å². The first-order valence-electron chi connectivity index (χ1n) is 7.98. The summed E-state index contributed by atoms with van der Waals surface area (Å²) in [5.74, 6) is 2.22. The monoisotopic (exact) mass is 349 g/mol. The molecular weight excluding hydrogens is 326 g/mol. The number of β-amino-alcohol motifs (C(OH)–C–C–N with tert-alkyl or cyclic N) is 1. The van der Waals surface area contributed by atoms with Crippen molar-refractivity contribution in [3.8, 4) is 0 Å². The zero-order valence-electron chi connectivity index (χ0n) is 13.1. The van der Waals surface area contributed by atoms with Crippen LogP contribution < -0.4 is 0 Å². The molecule has 5 heteroatoms. The van der Waals surface area contributed by atoms with Gasteiger partial charge in [-0.25, -0.2) is 0 Å². The fraction of sp³-hybridized carbons (Fsp3) is 0.444. The zero-order chi connectivity index (χ0) is 15.9. The van der Waals surface area contributed by atoms with Crippen LogP contribution >= 0.6 is 23.1 Å². The molecule has 3 nitrogen and oxygen atoms in total. The molecule has 2 unspecified atom stereocenters. The fourth-order valence-electron chi connectivity index (χ4n) is 2.85. The van der Waals surface area contributed by atoms with E-state index in [1.165, 1.54) is 10.4 Å². The third kappa shape index (κ3) is 5.06. The van der Waals surface area contributed by atoms with Gasteiger partial charge in [-0.15, -0.1) is 11.3 Å². The number of rotatable bonds is 7. The Kier molecular flexibility index (Phi) is 6.54. The Morgan fingerprint density at radius 1 is 1.22 bits per heavy atom. The van der Waals surface area contributed by atoms with E-state index in [1.807, 2.05) is 23.2 Å². The minimum atomic E-state index is -0.440. The van der Waals surface area contributed by atoms with E-state index in [-0.39, 0.29) is 0 Å². The zero-order valence-corrected chi connectivity index (χ0v) is 14.8. The molecule has 1 aliphatic heterocycles. The molecule has 0 aliphatic carbocycles. The van der Waals surface area contributed by atoms with Crippen molar-refractivity contribution in [3.63, 3.8) is 0 Å². The van der Waals surface area contributed by atoms with E-state index in [9.17, 15) is 5.11 Å². The van der Waals surface area contributed by atoms with Gasteiger partial charge in [0.15, 0.2) is 0 Å². The van der Waals surface area contributed by atoms with Crippen LogP contribution in [-0.2, 0) is 11.3 Å². The molecule has 0 amide bonds. The number of thioether (sulfide) groups is 1. The van der Waals surface area contributed by atoms with Crippen molar-refractivity contribution in [1.29, 1.82) is 0 Å². The molecule has 2 heterocycles. The number of nitrogens with zero attached hydrogens (tertiary/aromatic N) is 1. The van der Waals surface area contributed by atoms with E-state index in [4.69, 9.17) is 4.74 Å². The van der Waals surface area contributed by atoms with Crippen molar-refractivity contribution in [1.82, 2.24) is 4.90 Å². The van der Waals surface area contributed by atoms with Crippen molar-refractivity contribution >= 4 is 23.1 Å². The Morgan fingerprint density at radius 2 is 2.09 bits per heavy atom. The van der Waals surface area contributed by atoms with Gasteiger partial charge in [-0.3, -0.25) is 4.90 Å². The standard InChI is InChI=1S/C18H23NO2S2/c20-16(12-21-13-17-7-4-9-23-17)11-19-8-10-22-14-18(19)15-5-2-1-3-6-15/h1-7,9,16,18,20H,8,10-14H2. The van der Waals surface area contributed by atoms with Gasteiger partial charge in [-0.2, -0.15) is 11.8 Å². The summed E-state index contributed by atoms with van der Waals surface area (Å²) in [6.07, 6.45) is -0.440. The maximum atomic E-state index is 10.3. The predicted octanol–water partition coefficient (Wildman–Crippen LogP) is 3.42. The summed E-state index contributed by atoms with van der Waals surface area (Å²) in [6, 6.07) is 15.1. The van der Waals surface area contributed by atoms with E-state index in [0.717, 1.165) is 18.1 Å². The highest BCUT2D eigenvalue weighted by atomic mass is 32.2. The maximum Gasteiger partial charge on any atom is 0.0900 e. The van der Waals surface area contributed by atoms with Gasteiger partial charge in [0.2, 0.25) is 0 Å². The van der Waals surface area contributed by atoms with E-state index >= 15 is 0 Å². The van der Waals surface area contributed by atoms with E-state index < -0.39 is 6.10 Å². The predicted molar refractivity (Wildman–Crippen MR) is 98.1 cm³/mol. The van der Waals surface area contributed by atoms with Gasteiger partial charge in [0.25, 0.3) is 0 Å². The number of aliphatic hydroxyl groups excluding tert-OH is 1. The number of hydrogen-bond acceptors (Lipinski definition) is 5. The molecule has 3 rings (SSSR count). The number of aliphatic hydroxyl groups is 1.